The van der Waals surface area contributed by atoms with E-state index in [1.54, 1.807) is 0 Å². The number of nitrogens with zero attached hydrogens (tertiary/aromatic N) is 1. The number of hydrogen-bond donors (Lipinski definition) is 3. The van der Waals surface area contributed by atoms with Gasteiger partial charge in [0.05, 0.1) is 13.2 Å². The summed E-state index contributed by atoms with van der Waals surface area (Å²) in [5.74, 6) is -0.0788. The average Bonchev–Trinajstić information content (AvgIpc) is 2.80. The molecule has 6 nitrogen and oxygen atoms in total. The summed E-state index contributed by atoms with van der Waals surface area (Å²) in [6, 6.07) is 0. The minimum absolute atomic E-state index is 0.0385. The molecule has 15 heavy (non-hydrogen) atoms. The molecule has 0 aromatic rings. The third-order valence-corrected chi connectivity index (χ3v) is 2.47. The number of amides is 1. The maximum absolute atomic E-state index is 11.4. The molecule has 0 radical (unpaired) electrons. The summed E-state index contributed by atoms with van der Waals surface area (Å²) in [6.45, 7) is 2.82. The first-order chi connectivity index (χ1) is 7.22. The van der Waals surface area contributed by atoms with Crippen LogP contribution in [0.15, 0.2) is 0 Å². The Morgan fingerprint density at radius 2 is 2.20 bits per heavy atom. The second kappa shape index (κ2) is 5.41. The lowest BCUT2D eigenvalue weighted by Gasteiger charge is -2.14. The zero-order valence-corrected chi connectivity index (χ0v) is 8.90. The van der Waals surface area contributed by atoms with E-state index in [0.29, 0.717) is 19.5 Å². The van der Waals surface area contributed by atoms with Gasteiger partial charge in [0, 0.05) is 19.5 Å². The first kappa shape index (κ1) is 12.4. The Morgan fingerprint density at radius 3 is 2.73 bits per heavy atom. The maximum atomic E-state index is 11.4. The number of hydrogen-bond acceptors (Lipinski definition) is 5. The molecule has 1 heterocycles. The summed E-state index contributed by atoms with van der Waals surface area (Å²) in [5, 5.41) is 20.1. The van der Waals surface area contributed by atoms with Gasteiger partial charge in [0.1, 0.15) is 6.73 Å². The summed E-state index contributed by atoms with van der Waals surface area (Å²) in [4.78, 5) is 12.9. The fourth-order valence-electron chi connectivity index (χ4n) is 1.58. The number of aliphatic hydroxyl groups excluding tert-OH is 2. The summed E-state index contributed by atoms with van der Waals surface area (Å²) >= 11 is 0. The molecule has 3 N–H and O–H groups in total. The molecule has 0 aliphatic carbocycles. The second-order valence-electron chi connectivity index (χ2n) is 3.33. The molecule has 1 unspecified atom stereocenters. The number of carbonyl (C=O) groups excluding carboxylic acids is 1. The first-order valence-electron chi connectivity index (χ1n) is 5.11. The van der Waals surface area contributed by atoms with Gasteiger partial charge in [-0.3, -0.25) is 15.0 Å². The molecule has 0 saturated carbocycles. The van der Waals surface area contributed by atoms with Gasteiger partial charge in [-0.1, -0.05) is 6.92 Å². The van der Waals surface area contributed by atoms with Crippen molar-refractivity contribution in [3.63, 3.8) is 0 Å². The van der Waals surface area contributed by atoms with Crippen LogP contribution >= 0.6 is 0 Å². The Morgan fingerprint density at radius 1 is 1.47 bits per heavy atom. The van der Waals surface area contributed by atoms with Gasteiger partial charge in [-0.2, -0.15) is 0 Å². The molecular formula is C9H18N2O4. The van der Waals surface area contributed by atoms with Crippen LogP contribution in [0, 0.1) is 0 Å². The number of rotatable bonds is 8. The normalized spacial score (nSPS) is 24.7. The van der Waals surface area contributed by atoms with Gasteiger partial charge in [0.15, 0.2) is 0 Å². The van der Waals surface area contributed by atoms with E-state index in [1.807, 2.05) is 6.92 Å². The summed E-state index contributed by atoms with van der Waals surface area (Å²) in [7, 11) is 0. The molecule has 1 amide bonds. The Labute approximate surface area is 88.8 Å². The smallest absolute Gasteiger partial charge is 0.278 e. The largest absolute Gasteiger partial charge is 0.395 e. The van der Waals surface area contributed by atoms with Gasteiger partial charge in [-0.15, -0.1) is 0 Å². The SMILES string of the molecule is CCC1(OCNCCO)C(=O)N1CCO. The van der Waals surface area contributed by atoms with Crippen LogP contribution in [0.5, 0.6) is 0 Å². The Balaban J connectivity index is 2.33. The molecule has 1 aliphatic heterocycles. The van der Waals surface area contributed by atoms with Crippen molar-refractivity contribution in [1.29, 1.82) is 0 Å². The van der Waals surface area contributed by atoms with Crippen LogP contribution in [0.1, 0.15) is 13.3 Å². The predicted molar refractivity (Wildman–Crippen MR) is 52.9 cm³/mol. The lowest BCUT2D eigenvalue weighted by atomic mass is 10.3. The molecule has 0 spiro atoms. The van der Waals surface area contributed by atoms with Crippen molar-refractivity contribution in [2.75, 3.05) is 33.0 Å². The van der Waals surface area contributed by atoms with E-state index in [2.05, 4.69) is 5.32 Å². The molecule has 1 aliphatic rings. The number of nitrogens with one attached hydrogen (secondary N) is 1. The molecule has 0 aromatic heterocycles. The average molecular weight is 218 g/mol. The Bertz CT molecular complexity index is 224. The highest BCUT2D eigenvalue weighted by molar-refractivity contribution is 6.00. The molecule has 0 bridgehead atoms. The Hall–Kier alpha value is -0.690. The molecule has 1 fully saturated rings. The van der Waals surface area contributed by atoms with Crippen molar-refractivity contribution in [3.05, 3.63) is 0 Å². The van der Waals surface area contributed by atoms with Gasteiger partial charge < -0.3 is 14.9 Å². The van der Waals surface area contributed by atoms with Crippen molar-refractivity contribution >= 4 is 5.91 Å². The third-order valence-electron chi connectivity index (χ3n) is 2.47. The van der Waals surface area contributed by atoms with E-state index in [4.69, 9.17) is 14.9 Å². The zero-order chi connectivity index (χ0) is 11.3. The van der Waals surface area contributed by atoms with E-state index >= 15 is 0 Å². The first-order valence-corrected chi connectivity index (χ1v) is 5.11. The number of ether oxygens (including phenoxy) is 1. The highest BCUT2D eigenvalue weighted by Crippen LogP contribution is 2.37. The maximum Gasteiger partial charge on any atom is 0.278 e. The van der Waals surface area contributed by atoms with Crippen LogP contribution in [0.25, 0.3) is 0 Å². The van der Waals surface area contributed by atoms with Crippen LogP contribution in [-0.2, 0) is 9.53 Å². The number of β-amino-alcohol motifs (C(OH)–C–C–N with tert-alkyl or cyclic N) is 1. The van der Waals surface area contributed by atoms with Crippen LogP contribution in [0.3, 0.4) is 0 Å². The van der Waals surface area contributed by atoms with Crippen LogP contribution in [0.4, 0.5) is 0 Å². The quantitative estimate of drug-likeness (QED) is 0.262. The van der Waals surface area contributed by atoms with Gasteiger partial charge >= 0.3 is 0 Å². The minimum atomic E-state index is -0.842. The van der Waals surface area contributed by atoms with Gasteiger partial charge in [-0.25, -0.2) is 0 Å². The second-order valence-corrected chi connectivity index (χ2v) is 3.33. The highest BCUT2D eigenvalue weighted by atomic mass is 16.6. The van der Waals surface area contributed by atoms with Crippen molar-refractivity contribution in [1.82, 2.24) is 10.2 Å². The van der Waals surface area contributed by atoms with E-state index in [0.717, 1.165) is 0 Å². The van der Waals surface area contributed by atoms with Crippen LogP contribution in [-0.4, -0.2) is 59.8 Å². The fraction of sp³-hybridized carbons (Fsp3) is 0.889. The number of aliphatic hydroxyl groups is 2. The van der Waals surface area contributed by atoms with E-state index < -0.39 is 5.72 Å². The summed E-state index contributed by atoms with van der Waals surface area (Å²) in [6.07, 6.45) is 0.562. The predicted octanol–water partition coefficient (Wildman–Crippen LogP) is -1.52. The van der Waals surface area contributed by atoms with Crippen molar-refractivity contribution in [2.24, 2.45) is 0 Å². The summed E-state index contributed by atoms with van der Waals surface area (Å²) in [5.41, 5.74) is -0.842. The number of carbonyl (C=O) groups is 1. The zero-order valence-electron chi connectivity index (χ0n) is 8.90. The van der Waals surface area contributed by atoms with Crippen molar-refractivity contribution < 1.29 is 19.7 Å². The minimum Gasteiger partial charge on any atom is -0.395 e. The molecule has 1 atom stereocenters. The molecule has 6 heteroatoms. The lowest BCUT2D eigenvalue weighted by Crippen LogP contribution is -2.31. The Kier molecular flexibility index (Phi) is 4.46. The molecule has 1 saturated heterocycles. The molecule has 1 rings (SSSR count). The van der Waals surface area contributed by atoms with Crippen LogP contribution < -0.4 is 5.32 Å². The highest BCUT2D eigenvalue weighted by Gasteiger charge is 2.62. The van der Waals surface area contributed by atoms with Gasteiger partial charge in [0.25, 0.3) is 5.91 Å². The topological polar surface area (TPSA) is 81.8 Å². The standard InChI is InChI=1S/C9H18N2O4/c1-2-9(15-7-10-3-5-12)8(14)11(9)4-6-13/h10,12-13H,2-7H2,1H3. The molecule has 88 valence electrons. The van der Waals surface area contributed by atoms with Crippen molar-refractivity contribution in [3.8, 4) is 0 Å². The van der Waals surface area contributed by atoms with E-state index in [1.165, 1.54) is 4.90 Å². The summed E-state index contributed by atoms with van der Waals surface area (Å²) < 4.78 is 5.41. The van der Waals surface area contributed by atoms with E-state index in [9.17, 15) is 4.79 Å². The fourth-order valence-corrected chi connectivity index (χ4v) is 1.58. The van der Waals surface area contributed by atoms with Gasteiger partial charge in [0.2, 0.25) is 5.72 Å². The lowest BCUT2D eigenvalue weighted by molar-refractivity contribution is -0.119. The molecular weight excluding hydrogens is 200 g/mol. The van der Waals surface area contributed by atoms with Crippen LogP contribution in [0.2, 0.25) is 0 Å². The monoisotopic (exact) mass is 218 g/mol. The van der Waals surface area contributed by atoms with Gasteiger partial charge in [-0.05, 0) is 0 Å². The van der Waals surface area contributed by atoms with E-state index in [-0.39, 0.29) is 25.9 Å². The third kappa shape index (κ3) is 2.46. The van der Waals surface area contributed by atoms with Crippen molar-refractivity contribution in [2.45, 2.75) is 19.1 Å². The molecule has 0 aromatic carbocycles.